The summed E-state index contributed by atoms with van der Waals surface area (Å²) >= 11 is 5.06. The fourth-order valence-corrected chi connectivity index (χ4v) is 2.13. The lowest BCUT2D eigenvalue weighted by molar-refractivity contribution is 0.898. The first-order chi connectivity index (χ1) is 5.36. The van der Waals surface area contributed by atoms with Gasteiger partial charge in [0.2, 0.25) is 0 Å². The first-order valence-electron chi connectivity index (χ1n) is 3.11. The maximum absolute atomic E-state index is 4.11. The number of hydrogen-bond donors (Lipinski definition) is 0. The second-order valence-corrected chi connectivity index (χ2v) is 4.47. The smallest absolute Gasteiger partial charge is 0.118 e. The lowest BCUT2D eigenvalue weighted by atomic mass is 10.6. The predicted octanol–water partition coefficient (Wildman–Crippen LogP) is 2.70. The number of aromatic nitrogens is 2. The molecular weight excluding hydrogens is 224 g/mol. The molecule has 0 atom stereocenters. The van der Waals surface area contributed by atoms with E-state index >= 15 is 0 Å². The molecule has 0 aliphatic rings. The molecule has 0 N–H and O–H groups in total. The van der Waals surface area contributed by atoms with E-state index in [9.17, 15) is 0 Å². The third-order valence-electron chi connectivity index (χ3n) is 1.29. The van der Waals surface area contributed by atoms with Gasteiger partial charge in [0.05, 0.1) is 3.79 Å². The zero-order valence-corrected chi connectivity index (χ0v) is 7.97. The van der Waals surface area contributed by atoms with Crippen LogP contribution in [-0.2, 0) is 0 Å². The Bertz CT molecular complexity index is 339. The van der Waals surface area contributed by atoms with Crippen molar-refractivity contribution >= 4 is 27.3 Å². The van der Waals surface area contributed by atoms with Crippen molar-refractivity contribution in [2.75, 3.05) is 0 Å². The van der Waals surface area contributed by atoms with Crippen molar-refractivity contribution in [1.29, 1.82) is 0 Å². The van der Waals surface area contributed by atoms with Crippen molar-refractivity contribution in [3.63, 3.8) is 0 Å². The first-order valence-corrected chi connectivity index (χ1v) is 4.72. The summed E-state index contributed by atoms with van der Waals surface area (Å²) in [5, 5.41) is 5.23. The normalized spacial score (nSPS) is 10.3. The molecule has 0 radical (unpaired) electrons. The Balaban J connectivity index is 2.45. The van der Waals surface area contributed by atoms with E-state index in [1.165, 1.54) is 0 Å². The van der Waals surface area contributed by atoms with Gasteiger partial charge in [-0.3, -0.25) is 0 Å². The van der Waals surface area contributed by atoms with Crippen LogP contribution in [0.2, 0.25) is 0 Å². The molecule has 11 heavy (non-hydrogen) atoms. The van der Waals surface area contributed by atoms with Crippen LogP contribution in [0.4, 0.5) is 0 Å². The molecule has 0 aliphatic heterocycles. The number of nitrogens with zero attached hydrogens (tertiary/aromatic N) is 2. The van der Waals surface area contributed by atoms with Gasteiger partial charge in [-0.2, -0.15) is 5.10 Å². The molecule has 0 unspecified atom stereocenters. The van der Waals surface area contributed by atoms with Crippen LogP contribution in [0.3, 0.4) is 0 Å². The minimum absolute atomic E-state index is 1.13. The number of halogens is 1. The predicted molar refractivity (Wildman–Crippen MR) is 49.1 cm³/mol. The summed E-state index contributed by atoms with van der Waals surface area (Å²) in [5.74, 6) is 0. The van der Waals surface area contributed by atoms with Gasteiger partial charge in [0, 0.05) is 12.4 Å². The van der Waals surface area contributed by atoms with Crippen LogP contribution in [0.15, 0.2) is 34.4 Å². The first kappa shape index (κ1) is 7.06. The highest BCUT2D eigenvalue weighted by molar-refractivity contribution is 9.11. The maximum atomic E-state index is 4.11. The minimum Gasteiger partial charge on any atom is -0.231 e. The van der Waals surface area contributed by atoms with Crippen LogP contribution >= 0.6 is 27.3 Å². The Labute approximate surface area is 76.6 Å². The summed E-state index contributed by atoms with van der Waals surface area (Å²) in [5.41, 5.74) is 0. The van der Waals surface area contributed by atoms with E-state index in [-0.39, 0.29) is 0 Å². The molecular formula is C7H5BrN2S. The largest absolute Gasteiger partial charge is 0.231 e. The SMILES string of the molecule is Brc1ccc(-n2cccn2)s1. The van der Waals surface area contributed by atoms with Crippen LogP contribution in [-0.4, -0.2) is 9.78 Å². The van der Waals surface area contributed by atoms with Gasteiger partial charge in [-0.05, 0) is 34.1 Å². The Kier molecular flexibility index (Phi) is 1.79. The molecule has 4 heteroatoms. The summed E-state index contributed by atoms with van der Waals surface area (Å²) in [6, 6.07) is 5.96. The van der Waals surface area contributed by atoms with Gasteiger partial charge in [-0.25, -0.2) is 4.68 Å². The molecule has 0 amide bonds. The summed E-state index contributed by atoms with van der Waals surface area (Å²) < 4.78 is 2.97. The molecule has 2 rings (SSSR count). The van der Waals surface area contributed by atoms with Crippen LogP contribution in [0.1, 0.15) is 0 Å². The van der Waals surface area contributed by atoms with E-state index in [4.69, 9.17) is 0 Å². The van der Waals surface area contributed by atoms with Crippen molar-refractivity contribution in [3.05, 3.63) is 34.4 Å². The molecule has 2 aromatic rings. The molecule has 0 fully saturated rings. The standard InChI is InChI=1S/C7H5BrN2S/c8-6-2-3-7(11-6)10-5-1-4-9-10/h1-5H. The zero-order chi connectivity index (χ0) is 7.68. The third-order valence-corrected chi connectivity index (χ3v) is 2.90. The van der Waals surface area contributed by atoms with E-state index in [2.05, 4.69) is 21.0 Å². The highest BCUT2D eigenvalue weighted by Gasteiger charge is 1.97. The van der Waals surface area contributed by atoms with Gasteiger partial charge in [0.25, 0.3) is 0 Å². The molecule has 0 aliphatic carbocycles. The molecule has 0 bridgehead atoms. The number of thiophene rings is 1. The van der Waals surface area contributed by atoms with Crippen LogP contribution in [0, 0.1) is 0 Å². The molecule has 56 valence electrons. The summed E-state index contributed by atoms with van der Waals surface area (Å²) in [4.78, 5) is 0. The van der Waals surface area contributed by atoms with Crippen molar-refractivity contribution < 1.29 is 0 Å². The molecule has 2 nitrogen and oxygen atoms in total. The quantitative estimate of drug-likeness (QED) is 0.735. The topological polar surface area (TPSA) is 17.8 Å². The van der Waals surface area contributed by atoms with Crippen molar-refractivity contribution in [2.24, 2.45) is 0 Å². The highest BCUT2D eigenvalue weighted by atomic mass is 79.9. The van der Waals surface area contributed by atoms with Gasteiger partial charge in [-0.15, -0.1) is 11.3 Å². The van der Waals surface area contributed by atoms with E-state index in [1.807, 2.05) is 29.1 Å². The van der Waals surface area contributed by atoms with E-state index < -0.39 is 0 Å². The van der Waals surface area contributed by atoms with Gasteiger partial charge in [0.15, 0.2) is 0 Å². The molecule has 0 saturated carbocycles. The third kappa shape index (κ3) is 1.36. The Morgan fingerprint density at radius 1 is 1.45 bits per heavy atom. The lowest BCUT2D eigenvalue weighted by Crippen LogP contribution is -1.88. The van der Waals surface area contributed by atoms with Gasteiger partial charge in [-0.1, -0.05) is 0 Å². The second-order valence-electron chi connectivity index (χ2n) is 2.03. The average Bonchev–Trinajstić information content (AvgIpc) is 2.55. The van der Waals surface area contributed by atoms with Gasteiger partial charge < -0.3 is 0 Å². The maximum Gasteiger partial charge on any atom is 0.118 e. The van der Waals surface area contributed by atoms with Crippen molar-refractivity contribution in [2.45, 2.75) is 0 Å². The molecule has 2 aromatic heterocycles. The number of rotatable bonds is 1. The molecule has 0 spiro atoms. The lowest BCUT2D eigenvalue weighted by Gasteiger charge is -1.91. The fourth-order valence-electron chi connectivity index (χ4n) is 0.827. The highest BCUT2D eigenvalue weighted by Crippen LogP contribution is 2.24. The van der Waals surface area contributed by atoms with Crippen molar-refractivity contribution in [3.8, 4) is 5.00 Å². The summed E-state index contributed by atoms with van der Waals surface area (Å²) in [6.45, 7) is 0. The molecule has 0 aromatic carbocycles. The van der Waals surface area contributed by atoms with Gasteiger partial charge in [0.1, 0.15) is 5.00 Å². The van der Waals surface area contributed by atoms with E-state index in [0.717, 1.165) is 8.79 Å². The van der Waals surface area contributed by atoms with Gasteiger partial charge >= 0.3 is 0 Å². The summed E-state index contributed by atoms with van der Waals surface area (Å²) in [7, 11) is 0. The monoisotopic (exact) mass is 228 g/mol. The van der Waals surface area contributed by atoms with E-state index in [1.54, 1.807) is 17.5 Å². The Morgan fingerprint density at radius 2 is 2.36 bits per heavy atom. The zero-order valence-electron chi connectivity index (χ0n) is 5.57. The van der Waals surface area contributed by atoms with Crippen LogP contribution in [0.25, 0.3) is 5.00 Å². The van der Waals surface area contributed by atoms with Crippen molar-refractivity contribution in [1.82, 2.24) is 9.78 Å². The Hall–Kier alpha value is -0.610. The Morgan fingerprint density at radius 3 is 2.91 bits per heavy atom. The molecule has 2 heterocycles. The van der Waals surface area contributed by atoms with E-state index in [0.29, 0.717) is 0 Å². The van der Waals surface area contributed by atoms with Crippen LogP contribution < -0.4 is 0 Å². The summed E-state index contributed by atoms with van der Waals surface area (Å²) in [6.07, 6.45) is 3.70. The second kappa shape index (κ2) is 2.79. The fraction of sp³-hybridized carbons (Fsp3) is 0. The van der Waals surface area contributed by atoms with Crippen LogP contribution in [0.5, 0.6) is 0 Å². The number of hydrogen-bond acceptors (Lipinski definition) is 2. The average molecular weight is 229 g/mol. The molecule has 0 saturated heterocycles. The minimum atomic E-state index is 1.13.